The summed E-state index contributed by atoms with van der Waals surface area (Å²) in [6.07, 6.45) is 2.27. The van der Waals surface area contributed by atoms with Crippen LogP contribution in [0, 0.1) is 6.92 Å². The molecule has 4 heterocycles. The summed E-state index contributed by atoms with van der Waals surface area (Å²) in [5.74, 6) is 0. The maximum absolute atomic E-state index is 2.74. The highest BCUT2D eigenvalue weighted by atomic mass is 32.1. The fourth-order valence-corrected chi connectivity index (χ4v) is 16.4. The Bertz CT molecular complexity index is 4590. The molecule has 0 radical (unpaired) electrons. The van der Waals surface area contributed by atoms with Crippen molar-refractivity contribution in [2.75, 3.05) is 14.7 Å². The van der Waals surface area contributed by atoms with Crippen LogP contribution in [0.25, 0.3) is 36.9 Å². The Morgan fingerprint density at radius 1 is 0.385 bits per heavy atom. The smallest absolute Gasteiger partial charge is 0.252 e. The first-order chi connectivity index (χ1) is 42.7. The SMILES string of the molecule is Cc1cc2c(cc1N1c3cc(N(c4ccc(C(C)(C)C)cc4)c4ccc(C(C)(C)C)cc4)ccc3B3c4c1cc(N(c1ccc(C(C)(C)C)cc1)c1ccc(C(C)(C)C)cc1)cc4-n1c4c3cc(C(C)(C)C)cc4c3sc4ccccc4c31)C(C)(C)CCC2(C)C. The van der Waals surface area contributed by atoms with Gasteiger partial charge in [-0.3, -0.25) is 0 Å². The summed E-state index contributed by atoms with van der Waals surface area (Å²) in [4.78, 5) is 7.79. The van der Waals surface area contributed by atoms with Gasteiger partial charge in [-0.2, -0.15) is 0 Å². The fraction of sp³-hybridized carbons (Fsp3) is 0.341. The van der Waals surface area contributed by atoms with Gasteiger partial charge in [-0.05, 0) is 210 Å². The van der Waals surface area contributed by atoms with E-state index in [1.807, 2.05) is 11.3 Å². The number of nitrogens with zero attached hydrogens (tertiary/aromatic N) is 4. The normalized spacial score (nSPS) is 15.3. The summed E-state index contributed by atoms with van der Waals surface area (Å²) in [7, 11) is 0. The maximum atomic E-state index is 2.74. The van der Waals surface area contributed by atoms with Gasteiger partial charge in [0.05, 0.1) is 21.4 Å². The lowest BCUT2D eigenvalue weighted by Gasteiger charge is -2.45. The van der Waals surface area contributed by atoms with E-state index in [4.69, 9.17) is 0 Å². The van der Waals surface area contributed by atoms with Crippen LogP contribution in [0.15, 0.2) is 176 Å². The topological polar surface area (TPSA) is 14.7 Å². The summed E-state index contributed by atoms with van der Waals surface area (Å²) < 4.78 is 5.39. The lowest BCUT2D eigenvalue weighted by Crippen LogP contribution is -2.60. The number of aromatic nitrogens is 1. The monoisotopic (exact) mass is 1210 g/mol. The van der Waals surface area contributed by atoms with Gasteiger partial charge in [0, 0.05) is 66.7 Å². The molecule has 0 atom stereocenters. The van der Waals surface area contributed by atoms with Crippen molar-refractivity contribution in [3.8, 4) is 5.69 Å². The Balaban J connectivity index is 1.14. The second-order valence-electron chi connectivity index (χ2n) is 33.5. The molecule has 2 aliphatic heterocycles. The van der Waals surface area contributed by atoms with E-state index >= 15 is 0 Å². The van der Waals surface area contributed by atoms with Crippen molar-refractivity contribution < 1.29 is 0 Å². The van der Waals surface area contributed by atoms with Crippen LogP contribution in [0.2, 0.25) is 0 Å². The molecule has 462 valence electrons. The van der Waals surface area contributed by atoms with Gasteiger partial charge < -0.3 is 19.3 Å². The molecular formula is C85H93BN4S. The second-order valence-corrected chi connectivity index (χ2v) is 34.6. The van der Waals surface area contributed by atoms with Crippen molar-refractivity contribution in [1.29, 1.82) is 0 Å². The van der Waals surface area contributed by atoms with Gasteiger partial charge in [0.15, 0.2) is 0 Å². The molecule has 0 saturated heterocycles. The van der Waals surface area contributed by atoms with Crippen LogP contribution in [-0.2, 0) is 37.9 Å². The highest BCUT2D eigenvalue weighted by molar-refractivity contribution is 7.26. The highest BCUT2D eigenvalue weighted by Crippen LogP contribution is 2.54. The minimum atomic E-state index is -0.117. The van der Waals surface area contributed by atoms with E-state index < -0.39 is 0 Å². The lowest BCUT2D eigenvalue weighted by atomic mass is 9.33. The van der Waals surface area contributed by atoms with Crippen LogP contribution < -0.4 is 31.1 Å². The molecule has 0 amide bonds. The van der Waals surface area contributed by atoms with Crippen LogP contribution in [0.4, 0.5) is 51.2 Å². The predicted octanol–water partition coefficient (Wildman–Crippen LogP) is 22.7. The van der Waals surface area contributed by atoms with Crippen LogP contribution >= 0.6 is 11.3 Å². The minimum absolute atomic E-state index is 0.00473. The number of fused-ring (bicyclic) bond motifs is 10. The average Bonchev–Trinajstić information content (AvgIpc) is 1.62. The van der Waals surface area contributed by atoms with Crippen molar-refractivity contribution in [2.24, 2.45) is 0 Å². The zero-order valence-electron chi connectivity index (χ0n) is 57.9. The van der Waals surface area contributed by atoms with Crippen molar-refractivity contribution >= 4 is 117 Å². The molecule has 0 spiro atoms. The number of aryl methyl sites for hydroxylation is 1. The van der Waals surface area contributed by atoms with Gasteiger partial charge >= 0.3 is 0 Å². The highest BCUT2D eigenvalue weighted by Gasteiger charge is 2.46. The molecule has 9 aromatic carbocycles. The Morgan fingerprint density at radius 3 is 1.30 bits per heavy atom. The molecule has 4 nitrogen and oxygen atoms in total. The van der Waals surface area contributed by atoms with E-state index in [9.17, 15) is 0 Å². The molecule has 0 bridgehead atoms. The first-order valence-electron chi connectivity index (χ1n) is 33.5. The molecule has 0 saturated carbocycles. The first kappa shape index (κ1) is 60.8. The lowest BCUT2D eigenvalue weighted by molar-refractivity contribution is 0.332. The Labute approximate surface area is 548 Å². The summed E-state index contributed by atoms with van der Waals surface area (Å²) in [6, 6.07) is 69.8. The largest absolute Gasteiger partial charge is 0.311 e. The average molecular weight is 1210 g/mol. The van der Waals surface area contributed by atoms with Crippen molar-refractivity contribution in [3.63, 3.8) is 0 Å². The third-order valence-corrected chi connectivity index (χ3v) is 22.1. The van der Waals surface area contributed by atoms with Gasteiger partial charge in [-0.15, -0.1) is 11.3 Å². The molecule has 91 heavy (non-hydrogen) atoms. The fourth-order valence-electron chi connectivity index (χ4n) is 15.2. The number of thiophene rings is 1. The van der Waals surface area contributed by atoms with Gasteiger partial charge in [0.25, 0.3) is 6.71 Å². The van der Waals surface area contributed by atoms with E-state index in [1.54, 1.807) is 0 Å². The molecule has 11 aromatic rings. The standard InChI is InChI=1S/C85H93BN4S/c1-52-45-66-67(85(19,20)44-43-84(66,17)18)51-70(52)89-71-48-62(87(58-33-25-53(26-34-58)79(2,3)4)59-35-27-54(28-36-59)80(5,6)7)41-42-68(71)86-69-47-57(83(14,15)16)46-65-76(69)90(77-64-23-21-22-24-74(64)91-78(65)77)73-50-63(49-72(89)75(73)86)88(60-37-29-55(30-38-60)81(8,9)10)61-39-31-56(32-40-61)82(11,12)13/h21-42,45-51H,43-44H2,1-20H3. The molecule has 6 heteroatoms. The first-order valence-corrected chi connectivity index (χ1v) is 34.3. The summed E-state index contributed by atoms with van der Waals surface area (Å²) in [5, 5.41) is 2.63. The Morgan fingerprint density at radius 2 is 0.813 bits per heavy atom. The molecule has 14 rings (SSSR count). The van der Waals surface area contributed by atoms with E-state index in [1.165, 1.54) is 115 Å². The number of hydrogen-bond acceptors (Lipinski definition) is 4. The van der Waals surface area contributed by atoms with Crippen LogP contribution in [0.1, 0.15) is 189 Å². The van der Waals surface area contributed by atoms with E-state index in [0.29, 0.717) is 0 Å². The molecule has 0 fully saturated rings. The molecular weight excluding hydrogens is 1120 g/mol. The van der Waals surface area contributed by atoms with Gasteiger partial charge in [0.1, 0.15) is 0 Å². The molecule has 2 aromatic heterocycles. The van der Waals surface area contributed by atoms with Gasteiger partial charge in [-0.1, -0.05) is 216 Å². The van der Waals surface area contributed by atoms with Gasteiger partial charge in [-0.25, -0.2) is 0 Å². The maximum Gasteiger partial charge on any atom is 0.252 e. The Kier molecular flexibility index (Phi) is 13.8. The van der Waals surface area contributed by atoms with Crippen LogP contribution in [0.3, 0.4) is 0 Å². The Hall–Kier alpha value is -7.80. The third kappa shape index (κ3) is 10.1. The summed E-state index contributed by atoms with van der Waals surface area (Å²) >= 11 is 1.95. The molecule has 0 unspecified atom stereocenters. The van der Waals surface area contributed by atoms with Gasteiger partial charge in [0.2, 0.25) is 0 Å². The van der Waals surface area contributed by atoms with Crippen molar-refractivity contribution in [1.82, 2.24) is 4.57 Å². The van der Waals surface area contributed by atoms with Crippen molar-refractivity contribution in [2.45, 2.75) is 189 Å². The van der Waals surface area contributed by atoms with E-state index in [2.05, 4.69) is 334 Å². The van der Waals surface area contributed by atoms with Crippen LogP contribution in [0.5, 0.6) is 0 Å². The quantitative estimate of drug-likeness (QED) is 0.148. The number of anilines is 9. The molecule has 3 aliphatic rings. The minimum Gasteiger partial charge on any atom is -0.311 e. The van der Waals surface area contributed by atoms with Crippen LogP contribution in [-0.4, -0.2) is 11.3 Å². The number of benzene rings is 9. The summed E-state index contributed by atoms with van der Waals surface area (Å²) in [6.45, 7) is 47.2. The van der Waals surface area contributed by atoms with Crippen molar-refractivity contribution in [3.05, 3.63) is 220 Å². The second kappa shape index (κ2) is 20.6. The number of rotatable bonds is 7. The summed E-state index contributed by atoms with van der Waals surface area (Å²) in [5.41, 5.74) is 28.9. The number of hydrogen-bond donors (Lipinski definition) is 0. The van der Waals surface area contributed by atoms with E-state index in [-0.39, 0.29) is 44.6 Å². The van der Waals surface area contributed by atoms with E-state index in [0.717, 1.165) is 47.0 Å². The zero-order chi connectivity index (χ0) is 64.6. The molecule has 0 N–H and O–H groups in total. The third-order valence-electron chi connectivity index (χ3n) is 20.9. The predicted molar refractivity (Wildman–Crippen MR) is 398 cm³/mol. The molecule has 1 aliphatic carbocycles. The zero-order valence-corrected chi connectivity index (χ0v) is 58.7.